The zero-order valence-electron chi connectivity index (χ0n) is 15.1. The van der Waals surface area contributed by atoms with E-state index in [-0.39, 0.29) is 12.3 Å². The molecule has 4 nitrogen and oxygen atoms in total. The smallest absolute Gasteiger partial charge is 0.341 e. The van der Waals surface area contributed by atoms with Crippen molar-refractivity contribution >= 4 is 39.0 Å². The first kappa shape index (κ1) is 18.1. The lowest BCUT2D eigenvalue weighted by Crippen LogP contribution is -2.16. The van der Waals surface area contributed by atoms with Crippen LogP contribution in [-0.4, -0.2) is 18.5 Å². The molecule has 0 aliphatic rings. The molecule has 2 aromatic carbocycles. The maximum absolute atomic E-state index is 12.5. The Hall–Kier alpha value is -2.66. The van der Waals surface area contributed by atoms with Crippen LogP contribution in [0, 0.1) is 13.8 Å². The molecule has 5 heteroatoms. The van der Waals surface area contributed by atoms with Gasteiger partial charge in [0.05, 0.1) is 18.6 Å². The van der Waals surface area contributed by atoms with Gasteiger partial charge in [-0.15, -0.1) is 11.3 Å². The normalized spacial score (nSPS) is 10.7. The highest BCUT2D eigenvalue weighted by molar-refractivity contribution is 7.16. The molecule has 134 valence electrons. The summed E-state index contributed by atoms with van der Waals surface area (Å²) < 4.78 is 5.13. The standard InChI is InChI=1S/C21H21NO3S/c1-4-25-21(24)19-13(2)14(3)26-20(19)22-18(23)12-15-9-10-16-7-5-6-8-17(16)11-15/h5-11H,4,12H2,1-3H3,(H,22,23). The number of fused-ring (bicyclic) bond motifs is 1. The van der Waals surface area contributed by atoms with Gasteiger partial charge >= 0.3 is 5.97 Å². The van der Waals surface area contributed by atoms with Gasteiger partial charge in [-0.1, -0.05) is 42.5 Å². The van der Waals surface area contributed by atoms with Crippen molar-refractivity contribution in [1.82, 2.24) is 0 Å². The summed E-state index contributed by atoms with van der Waals surface area (Å²) in [5.74, 6) is -0.539. The number of carbonyl (C=O) groups is 2. The first-order valence-corrected chi connectivity index (χ1v) is 9.36. The highest BCUT2D eigenvalue weighted by atomic mass is 32.1. The second-order valence-electron chi connectivity index (χ2n) is 6.11. The molecule has 26 heavy (non-hydrogen) atoms. The number of hydrogen-bond acceptors (Lipinski definition) is 4. The van der Waals surface area contributed by atoms with E-state index >= 15 is 0 Å². The molecular weight excluding hydrogens is 346 g/mol. The minimum atomic E-state index is -0.393. The van der Waals surface area contributed by atoms with Gasteiger partial charge in [0.25, 0.3) is 0 Å². The van der Waals surface area contributed by atoms with Crippen molar-refractivity contribution in [1.29, 1.82) is 0 Å². The minimum Gasteiger partial charge on any atom is -0.462 e. The van der Waals surface area contributed by atoms with Crippen LogP contribution in [0.3, 0.4) is 0 Å². The molecule has 0 bridgehead atoms. The highest BCUT2D eigenvalue weighted by Crippen LogP contribution is 2.33. The van der Waals surface area contributed by atoms with Crippen LogP contribution in [0.5, 0.6) is 0 Å². The van der Waals surface area contributed by atoms with E-state index in [0.29, 0.717) is 17.2 Å². The van der Waals surface area contributed by atoms with Crippen LogP contribution in [0.15, 0.2) is 42.5 Å². The van der Waals surface area contributed by atoms with Crippen molar-refractivity contribution < 1.29 is 14.3 Å². The quantitative estimate of drug-likeness (QED) is 0.654. The summed E-state index contributed by atoms with van der Waals surface area (Å²) in [5, 5.41) is 5.69. The van der Waals surface area contributed by atoms with E-state index in [9.17, 15) is 9.59 Å². The third kappa shape index (κ3) is 3.78. The van der Waals surface area contributed by atoms with Crippen molar-refractivity contribution in [2.45, 2.75) is 27.2 Å². The molecule has 0 radical (unpaired) electrons. The topological polar surface area (TPSA) is 55.4 Å². The average molecular weight is 367 g/mol. The Kier molecular flexibility index (Phi) is 5.38. The number of aryl methyl sites for hydroxylation is 1. The zero-order valence-corrected chi connectivity index (χ0v) is 15.9. The Morgan fingerprint density at radius 3 is 2.54 bits per heavy atom. The van der Waals surface area contributed by atoms with Crippen molar-refractivity contribution in [3.8, 4) is 0 Å². The number of amides is 1. The van der Waals surface area contributed by atoms with Crippen LogP contribution in [0.1, 0.15) is 33.3 Å². The molecule has 1 N–H and O–H groups in total. The van der Waals surface area contributed by atoms with E-state index in [2.05, 4.69) is 5.32 Å². The van der Waals surface area contributed by atoms with Crippen molar-refractivity contribution in [2.24, 2.45) is 0 Å². The lowest BCUT2D eigenvalue weighted by Gasteiger charge is -2.08. The summed E-state index contributed by atoms with van der Waals surface area (Å²) in [6.45, 7) is 5.88. The molecule has 0 aliphatic heterocycles. The number of rotatable bonds is 5. The summed E-state index contributed by atoms with van der Waals surface area (Å²) in [6.07, 6.45) is 0.253. The Bertz CT molecular complexity index is 975. The van der Waals surface area contributed by atoms with Gasteiger partial charge in [0.1, 0.15) is 5.00 Å². The Labute approximate surface area is 156 Å². The van der Waals surface area contributed by atoms with E-state index in [1.54, 1.807) is 6.92 Å². The van der Waals surface area contributed by atoms with Crippen LogP contribution in [0.4, 0.5) is 5.00 Å². The molecule has 0 spiro atoms. The molecule has 0 saturated heterocycles. The SMILES string of the molecule is CCOC(=O)c1c(NC(=O)Cc2ccc3ccccc3c2)sc(C)c1C. The highest BCUT2D eigenvalue weighted by Gasteiger charge is 2.22. The second kappa shape index (κ2) is 7.70. The van der Waals surface area contributed by atoms with Crippen LogP contribution in [-0.2, 0) is 16.0 Å². The molecule has 3 rings (SSSR count). The second-order valence-corrected chi connectivity index (χ2v) is 7.34. The fraction of sp³-hybridized carbons (Fsp3) is 0.238. The summed E-state index contributed by atoms with van der Waals surface area (Å²) >= 11 is 1.40. The van der Waals surface area contributed by atoms with E-state index < -0.39 is 5.97 Å². The number of thiophene rings is 1. The van der Waals surface area contributed by atoms with E-state index in [1.165, 1.54) is 11.3 Å². The fourth-order valence-electron chi connectivity index (χ4n) is 2.87. The van der Waals surface area contributed by atoms with E-state index in [4.69, 9.17) is 4.74 Å². The molecule has 1 amide bonds. The average Bonchev–Trinajstić information content (AvgIpc) is 2.88. The Morgan fingerprint density at radius 2 is 1.81 bits per heavy atom. The van der Waals surface area contributed by atoms with Gasteiger partial charge in [-0.2, -0.15) is 0 Å². The van der Waals surface area contributed by atoms with Crippen LogP contribution in [0.2, 0.25) is 0 Å². The molecule has 3 aromatic rings. The van der Waals surface area contributed by atoms with Crippen LogP contribution >= 0.6 is 11.3 Å². The number of ether oxygens (including phenoxy) is 1. The number of benzene rings is 2. The van der Waals surface area contributed by atoms with Crippen molar-refractivity contribution in [3.05, 3.63) is 64.0 Å². The number of nitrogens with one attached hydrogen (secondary N) is 1. The first-order valence-electron chi connectivity index (χ1n) is 8.54. The van der Waals surface area contributed by atoms with Crippen molar-refractivity contribution in [2.75, 3.05) is 11.9 Å². The van der Waals surface area contributed by atoms with Gasteiger partial charge in [-0.25, -0.2) is 4.79 Å². The molecule has 0 atom stereocenters. The molecule has 0 unspecified atom stereocenters. The summed E-state index contributed by atoms with van der Waals surface area (Å²) in [6, 6.07) is 14.0. The summed E-state index contributed by atoms with van der Waals surface area (Å²) in [7, 11) is 0. The predicted octanol–water partition coefficient (Wildman–Crippen LogP) is 4.88. The third-order valence-corrected chi connectivity index (χ3v) is 5.42. The molecule has 1 heterocycles. The molecule has 0 saturated carbocycles. The van der Waals surface area contributed by atoms with Crippen LogP contribution < -0.4 is 5.32 Å². The predicted molar refractivity (Wildman–Crippen MR) is 106 cm³/mol. The maximum Gasteiger partial charge on any atom is 0.341 e. The van der Waals surface area contributed by atoms with E-state index in [0.717, 1.165) is 26.8 Å². The first-order chi connectivity index (χ1) is 12.5. The number of hydrogen-bond donors (Lipinski definition) is 1. The molecule has 1 aromatic heterocycles. The Morgan fingerprint density at radius 1 is 1.08 bits per heavy atom. The lowest BCUT2D eigenvalue weighted by molar-refractivity contribution is -0.115. The van der Waals surface area contributed by atoms with Gasteiger partial charge in [-0.3, -0.25) is 4.79 Å². The molecule has 0 fully saturated rings. The van der Waals surface area contributed by atoms with Gasteiger partial charge in [-0.05, 0) is 42.7 Å². The van der Waals surface area contributed by atoms with Gasteiger partial charge in [0.2, 0.25) is 5.91 Å². The Balaban J connectivity index is 1.79. The molecular formula is C21H21NO3S. The summed E-state index contributed by atoms with van der Waals surface area (Å²) in [5.41, 5.74) is 2.25. The number of esters is 1. The van der Waals surface area contributed by atoms with E-state index in [1.807, 2.05) is 56.3 Å². The van der Waals surface area contributed by atoms with Gasteiger partial charge in [0, 0.05) is 4.88 Å². The monoisotopic (exact) mass is 367 g/mol. The van der Waals surface area contributed by atoms with Gasteiger partial charge < -0.3 is 10.1 Å². The van der Waals surface area contributed by atoms with Crippen molar-refractivity contribution in [3.63, 3.8) is 0 Å². The fourth-order valence-corrected chi connectivity index (χ4v) is 3.93. The summed E-state index contributed by atoms with van der Waals surface area (Å²) in [4.78, 5) is 25.7. The minimum absolute atomic E-state index is 0.146. The largest absolute Gasteiger partial charge is 0.462 e. The molecule has 0 aliphatic carbocycles. The maximum atomic E-state index is 12.5. The third-order valence-electron chi connectivity index (χ3n) is 4.30. The van der Waals surface area contributed by atoms with Crippen LogP contribution in [0.25, 0.3) is 10.8 Å². The zero-order chi connectivity index (χ0) is 18.7. The number of anilines is 1. The lowest BCUT2D eigenvalue weighted by atomic mass is 10.0. The number of carbonyl (C=O) groups excluding carboxylic acids is 2. The van der Waals surface area contributed by atoms with Gasteiger partial charge in [0.15, 0.2) is 0 Å².